The van der Waals surface area contributed by atoms with Gasteiger partial charge < -0.3 is 9.88 Å². The van der Waals surface area contributed by atoms with Gasteiger partial charge in [-0.25, -0.2) is 0 Å². The van der Waals surface area contributed by atoms with Crippen molar-refractivity contribution in [2.75, 3.05) is 5.32 Å². The molecule has 2 N–H and O–H groups in total. The number of H-pyrrole nitrogens is 1. The van der Waals surface area contributed by atoms with Gasteiger partial charge >= 0.3 is 0 Å². The smallest absolute Gasteiger partial charge is 0.221 e. The summed E-state index contributed by atoms with van der Waals surface area (Å²) in [6.45, 7) is 4.26. The van der Waals surface area contributed by atoms with E-state index in [4.69, 9.17) is 12.2 Å². The second-order valence-corrected chi connectivity index (χ2v) is 4.24. The molecule has 0 atom stereocenters. The van der Waals surface area contributed by atoms with Crippen molar-refractivity contribution >= 4 is 23.8 Å². The Morgan fingerprint density at radius 1 is 1.44 bits per heavy atom. The zero-order valence-corrected chi connectivity index (χ0v) is 11.0. The maximum absolute atomic E-state index is 10.9. The SMILES string of the molecule is CCn1c(-c2ccc(NC(C)=O)cc2)n[nH]c1=S. The first-order valence-corrected chi connectivity index (χ1v) is 6.06. The summed E-state index contributed by atoms with van der Waals surface area (Å²) in [5, 5.41) is 9.71. The topological polar surface area (TPSA) is 62.7 Å². The quantitative estimate of drug-likeness (QED) is 0.836. The van der Waals surface area contributed by atoms with Gasteiger partial charge in [0.2, 0.25) is 5.91 Å². The maximum Gasteiger partial charge on any atom is 0.221 e. The van der Waals surface area contributed by atoms with E-state index in [1.54, 1.807) is 0 Å². The highest BCUT2D eigenvalue weighted by Gasteiger charge is 2.07. The highest BCUT2D eigenvalue weighted by Crippen LogP contribution is 2.19. The number of carbonyl (C=O) groups excluding carboxylic acids is 1. The van der Waals surface area contributed by atoms with Gasteiger partial charge in [0.05, 0.1) is 0 Å². The van der Waals surface area contributed by atoms with E-state index in [2.05, 4.69) is 15.5 Å². The summed E-state index contributed by atoms with van der Waals surface area (Å²) in [7, 11) is 0. The predicted octanol–water partition coefficient (Wildman–Crippen LogP) is 2.59. The van der Waals surface area contributed by atoms with E-state index < -0.39 is 0 Å². The van der Waals surface area contributed by atoms with E-state index in [9.17, 15) is 4.79 Å². The lowest BCUT2D eigenvalue weighted by Gasteiger charge is -2.05. The van der Waals surface area contributed by atoms with Crippen LogP contribution in [0.2, 0.25) is 0 Å². The maximum atomic E-state index is 10.9. The second kappa shape index (κ2) is 5.14. The zero-order valence-electron chi connectivity index (χ0n) is 10.2. The lowest BCUT2D eigenvalue weighted by molar-refractivity contribution is -0.114. The van der Waals surface area contributed by atoms with E-state index >= 15 is 0 Å². The van der Waals surface area contributed by atoms with Gasteiger partial charge in [0.15, 0.2) is 10.6 Å². The average molecular weight is 262 g/mol. The molecule has 1 heterocycles. The Morgan fingerprint density at radius 3 is 2.67 bits per heavy atom. The van der Waals surface area contributed by atoms with Crippen molar-refractivity contribution in [3.05, 3.63) is 29.0 Å². The predicted molar refractivity (Wildman–Crippen MR) is 72.8 cm³/mol. The Morgan fingerprint density at radius 2 is 2.11 bits per heavy atom. The van der Waals surface area contributed by atoms with E-state index in [0.29, 0.717) is 4.77 Å². The molecular formula is C12H14N4OS. The van der Waals surface area contributed by atoms with Crippen LogP contribution >= 0.6 is 12.2 Å². The van der Waals surface area contributed by atoms with Crippen LogP contribution in [0.25, 0.3) is 11.4 Å². The molecule has 0 bridgehead atoms. The molecule has 0 fully saturated rings. The van der Waals surface area contributed by atoms with Gasteiger partial charge in [0.1, 0.15) is 0 Å². The number of anilines is 1. The molecule has 0 saturated carbocycles. The molecular weight excluding hydrogens is 248 g/mol. The molecule has 94 valence electrons. The molecule has 0 aliphatic carbocycles. The number of aromatic amines is 1. The minimum absolute atomic E-state index is 0.0843. The lowest BCUT2D eigenvalue weighted by atomic mass is 10.2. The third kappa shape index (κ3) is 2.48. The molecule has 0 unspecified atom stereocenters. The molecule has 18 heavy (non-hydrogen) atoms. The van der Waals surface area contributed by atoms with Gasteiger partial charge in [-0.05, 0) is 43.4 Å². The van der Waals surface area contributed by atoms with Gasteiger partial charge in [0.25, 0.3) is 0 Å². The molecule has 0 aliphatic rings. The molecule has 0 aliphatic heterocycles. The fraction of sp³-hybridized carbons (Fsp3) is 0.250. The Bertz CT molecular complexity index is 612. The van der Waals surface area contributed by atoms with Crippen LogP contribution < -0.4 is 5.32 Å². The Labute approximate surface area is 110 Å². The van der Waals surface area contributed by atoms with Gasteiger partial charge in [-0.1, -0.05) is 0 Å². The summed E-state index contributed by atoms with van der Waals surface area (Å²) >= 11 is 5.14. The lowest BCUT2D eigenvalue weighted by Crippen LogP contribution is -2.05. The number of nitrogens with zero attached hydrogens (tertiary/aromatic N) is 2. The first kappa shape index (κ1) is 12.5. The van der Waals surface area contributed by atoms with Gasteiger partial charge in [0, 0.05) is 24.7 Å². The van der Waals surface area contributed by atoms with Crippen LogP contribution in [0.3, 0.4) is 0 Å². The van der Waals surface area contributed by atoms with Crippen LogP contribution in [0.1, 0.15) is 13.8 Å². The number of aromatic nitrogens is 3. The van der Waals surface area contributed by atoms with Crippen molar-refractivity contribution in [1.29, 1.82) is 0 Å². The van der Waals surface area contributed by atoms with Crippen molar-refractivity contribution in [2.45, 2.75) is 20.4 Å². The Kier molecular flexibility index (Phi) is 3.57. The summed E-state index contributed by atoms with van der Waals surface area (Å²) in [5.74, 6) is 0.718. The van der Waals surface area contributed by atoms with Crippen LogP contribution in [-0.2, 0) is 11.3 Å². The fourth-order valence-corrected chi connectivity index (χ4v) is 2.00. The van der Waals surface area contributed by atoms with E-state index in [1.165, 1.54) is 6.92 Å². The molecule has 5 nitrogen and oxygen atoms in total. The number of amides is 1. The summed E-state index contributed by atoms with van der Waals surface area (Å²) in [4.78, 5) is 10.9. The molecule has 0 radical (unpaired) electrons. The highest BCUT2D eigenvalue weighted by molar-refractivity contribution is 7.71. The first-order valence-electron chi connectivity index (χ1n) is 5.65. The standard InChI is InChI=1S/C12H14N4OS/c1-3-16-11(14-15-12(16)18)9-4-6-10(7-5-9)13-8(2)17/h4-7H,3H2,1-2H3,(H,13,17)(H,15,18). The molecule has 6 heteroatoms. The summed E-state index contributed by atoms with van der Waals surface area (Å²) in [5.41, 5.74) is 1.72. The Hall–Kier alpha value is -1.95. The number of carbonyl (C=O) groups is 1. The number of hydrogen-bond donors (Lipinski definition) is 2. The van der Waals surface area contributed by atoms with Crippen LogP contribution in [0.15, 0.2) is 24.3 Å². The zero-order chi connectivity index (χ0) is 13.1. The van der Waals surface area contributed by atoms with Crippen molar-refractivity contribution in [2.24, 2.45) is 0 Å². The fourth-order valence-electron chi connectivity index (χ4n) is 1.74. The van der Waals surface area contributed by atoms with Crippen LogP contribution in [0.5, 0.6) is 0 Å². The van der Waals surface area contributed by atoms with Gasteiger partial charge in [-0.3, -0.25) is 9.89 Å². The molecule has 2 aromatic rings. The van der Waals surface area contributed by atoms with Crippen LogP contribution in [-0.4, -0.2) is 20.7 Å². The summed E-state index contributed by atoms with van der Waals surface area (Å²) in [6, 6.07) is 7.49. The molecule has 2 rings (SSSR count). The molecule has 0 saturated heterocycles. The summed E-state index contributed by atoms with van der Waals surface area (Å²) < 4.78 is 2.53. The van der Waals surface area contributed by atoms with Crippen molar-refractivity contribution in [3.63, 3.8) is 0 Å². The molecule has 1 aromatic carbocycles. The average Bonchev–Trinajstić information content (AvgIpc) is 2.70. The minimum Gasteiger partial charge on any atom is -0.326 e. The number of rotatable bonds is 3. The van der Waals surface area contributed by atoms with Crippen molar-refractivity contribution in [1.82, 2.24) is 14.8 Å². The van der Waals surface area contributed by atoms with Gasteiger partial charge in [-0.2, -0.15) is 5.10 Å². The van der Waals surface area contributed by atoms with Gasteiger partial charge in [-0.15, -0.1) is 0 Å². The molecule has 1 aromatic heterocycles. The molecule has 1 amide bonds. The minimum atomic E-state index is -0.0843. The largest absolute Gasteiger partial charge is 0.326 e. The van der Waals surface area contributed by atoms with Crippen LogP contribution in [0.4, 0.5) is 5.69 Å². The molecule has 0 spiro atoms. The van der Waals surface area contributed by atoms with Crippen LogP contribution in [0, 0.1) is 4.77 Å². The number of nitrogens with one attached hydrogen (secondary N) is 2. The number of hydrogen-bond acceptors (Lipinski definition) is 3. The second-order valence-electron chi connectivity index (χ2n) is 3.86. The highest BCUT2D eigenvalue weighted by atomic mass is 32.1. The van der Waals surface area contributed by atoms with Crippen molar-refractivity contribution < 1.29 is 4.79 Å². The van der Waals surface area contributed by atoms with E-state index in [1.807, 2.05) is 35.8 Å². The van der Waals surface area contributed by atoms with E-state index in [0.717, 1.165) is 23.6 Å². The summed E-state index contributed by atoms with van der Waals surface area (Å²) in [6.07, 6.45) is 0. The Balaban J connectivity index is 2.34. The third-order valence-corrected chi connectivity index (χ3v) is 2.85. The van der Waals surface area contributed by atoms with E-state index in [-0.39, 0.29) is 5.91 Å². The monoisotopic (exact) mass is 262 g/mol. The third-order valence-electron chi connectivity index (χ3n) is 2.54. The number of benzene rings is 1. The normalized spacial score (nSPS) is 10.3. The van der Waals surface area contributed by atoms with Crippen molar-refractivity contribution in [3.8, 4) is 11.4 Å². The first-order chi connectivity index (χ1) is 8.61.